The monoisotopic (exact) mass is 293 g/mol. The minimum atomic E-state index is -0.490. The molecule has 0 bridgehead atoms. The molecule has 0 aliphatic carbocycles. The lowest BCUT2D eigenvalue weighted by molar-refractivity contribution is 0.238. The Kier molecular flexibility index (Phi) is 6.01. The summed E-state index contributed by atoms with van der Waals surface area (Å²) >= 11 is 0. The van der Waals surface area contributed by atoms with Gasteiger partial charge in [-0.3, -0.25) is 0 Å². The van der Waals surface area contributed by atoms with Crippen molar-refractivity contribution in [3.8, 4) is 6.07 Å². The van der Waals surface area contributed by atoms with Crippen LogP contribution in [-0.2, 0) is 13.0 Å². The molecule has 112 valence electrons. The number of amides is 2. The number of aryl methyl sites for hydroxylation is 1. The van der Waals surface area contributed by atoms with E-state index in [1.807, 2.05) is 60.7 Å². The van der Waals surface area contributed by atoms with Gasteiger partial charge in [0.1, 0.15) is 6.04 Å². The van der Waals surface area contributed by atoms with Crippen molar-refractivity contribution >= 4 is 6.03 Å². The Morgan fingerprint density at radius 3 is 2.18 bits per heavy atom. The quantitative estimate of drug-likeness (QED) is 0.860. The molecule has 0 aliphatic heterocycles. The Labute approximate surface area is 130 Å². The van der Waals surface area contributed by atoms with E-state index in [-0.39, 0.29) is 6.03 Å². The van der Waals surface area contributed by atoms with Crippen LogP contribution in [-0.4, -0.2) is 12.1 Å². The van der Waals surface area contributed by atoms with E-state index >= 15 is 0 Å². The van der Waals surface area contributed by atoms with Crippen LogP contribution in [0.2, 0.25) is 0 Å². The maximum Gasteiger partial charge on any atom is 0.316 e. The molecule has 2 aromatic carbocycles. The van der Waals surface area contributed by atoms with E-state index in [1.54, 1.807) is 0 Å². The van der Waals surface area contributed by atoms with Crippen molar-refractivity contribution in [3.05, 3.63) is 71.8 Å². The zero-order valence-corrected chi connectivity index (χ0v) is 12.3. The zero-order valence-electron chi connectivity index (χ0n) is 12.3. The molecule has 2 aromatic rings. The van der Waals surface area contributed by atoms with Crippen LogP contribution in [0, 0.1) is 11.3 Å². The highest BCUT2D eigenvalue weighted by Gasteiger charge is 2.11. The molecule has 1 atom stereocenters. The number of nitrogens with zero attached hydrogens (tertiary/aromatic N) is 1. The van der Waals surface area contributed by atoms with Crippen LogP contribution >= 0.6 is 0 Å². The summed E-state index contributed by atoms with van der Waals surface area (Å²) in [6, 6.07) is 20.9. The summed E-state index contributed by atoms with van der Waals surface area (Å²) in [5.74, 6) is 0. The highest BCUT2D eigenvalue weighted by Crippen LogP contribution is 2.04. The number of hydrogen-bond donors (Lipinski definition) is 2. The number of benzene rings is 2. The highest BCUT2D eigenvalue weighted by molar-refractivity contribution is 5.74. The van der Waals surface area contributed by atoms with Gasteiger partial charge in [0.15, 0.2) is 0 Å². The second kappa shape index (κ2) is 8.48. The van der Waals surface area contributed by atoms with Crippen LogP contribution in [0.1, 0.15) is 17.5 Å². The molecular weight excluding hydrogens is 274 g/mol. The molecule has 0 saturated heterocycles. The third-order valence-electron chi connectivity index (χ3n) is 3.32. The van der Waals surface area contributed by atoms with Crippen LogP contribution in [0.15, 0.2) is 60.7 Å². The fourth-order valence-corrected chi connectivity index (χ4v) is 2.11. The Hall–Kier alpha value is -2.80. The Bertz CT molecular complexity index is 620. The second-order valence-corrected chi connectivity index (χ2v) is 5.02. The van der Waals surface area contributed by atoms with Crippen molar-refractivity contribution in [1.82, 2.24) is 10.6 Å². The van der Waals surface area contributed by atoms with E-state index in [0.717, 1.165) is 17.5 Å². The van der Waals surface area contributed by atoms with Crippen LogP contribution in [0.5, 0.6) is 0 Å². The van der Waals surface area contributed by atoms with Crippen molar-refractivity contribution in [2.75, 3.05) is 0 Å². The molecular formula is C18H19N3O. The molecule has 4 nitrogen and oxygen atoms in total. The lowest BCUT2D eigenvalue weighted by atomic mass is 10.1. The van der Waals surface area contributed by atoms with Crippen LogP contribution in [0.3, 0.4) is 0 Å². The highest BCUT2D eigenvalue weighted by atomic mass is 16.2. The maximum atomic E-state index is 11.8. The van der Waals surface area contributed by atoms with Crippen molar-refractivity contribution in [3.63, 3.8) is 0 Å². The van der Waals surface area contributed by atoms with Gasteiger partial charge in [-0.1, -0.05) is 60.7 Å². The molecule has 22 heavy (non-hydrogen) atoms. The minimum absolute atomic E-state index is 0.316. The van der Waals surface area contributed by atoms with Gasteiger partial charge in [-0.05, 0) is 24.0 Å². The van der Waals surface area contributed by atoms with Gasteiger partial charge in [0.05, 0.1) is 6.07 Å². The second-order valence-electron chi connectivity index (χ2n) is 5.02. The van der Waals surface area contributed by atoms with Crippen LogP contribution < -0.4 is 10.6 Å². The molecule has 0 saturated carbocycles. The number of nitrogens with one attached hydrogen (secondary N) is 2. The van der Waals surface area contributed by atoms with Gasteiger partial charge in [0, 0.05) is 6.54 Å². The summed E-state index contributed by atoms with van der Waals surface area (Å²) < 4.78 is 0. The zero-order chi connectivity index (χ0) is 15.6. The third kappa shape index (κ3) is 5.29. The summed E-state index contributed by atoms with van der Waals surface area (Å²) in [5, 5.41) is 14.6. The van der Waals surface area contributed by atoms with Gasteiger partial charge in [-0.15, -0.1) is 0 Å². The Morgan fingerprint density at radius 2 is 1.59 bits per heavy atom. The number of urea groups is 1. The van der Waals surface area contributed by atoms with Crippen molar-refractivity contribution in [2.24, 2.45) is 0 Å². The molecule has 2 rings (SSSR count). The smallest absolute Gasteiger partial charge is 0.316 e. The normalized spacial score (nSPS) is 11.2. The van der Waals surface area contributed by atoms with E-state index in [9.17, 15) is 4.79 Å². The van der Waals surface area contributed by atoms with Gasteiger partial charge in [0.2, 0.25) is 0 Å². The lowest BCUT2D eigenvalue weighted by Crippen LogP contribution is -2.41. The lowest BCUT2D eigenvalue weighted by Gasteiger charge is -2.12. The standard InChI is InChI=1S/C18H19N3O/c19-13-17(12-11-15-7-3-1-4-8-15)21-18(22)20-14-16-9-5-2-6-10-16/h1-10,17H,11-12,14H2,(H2,20,21,22). The molecule has 0 radical (unpaired) electrons. The predicted octanol–water partition coefficient (Wildman–Crippen LogP) is 3.01. The van der Waals surface area contributed by atoms with Crippen molar-refractivity contribution < 1.29 is 4.79 Å². The van der Waals surface area contributed by atoms with Crippen LogP contribution in [0.25, 0.3) is 0 Å². The number of rotatable bonds is 6. The molecule has 1 unspecified atom stereocenters. The van der Waals surface area contributed by atoms with Gasteiger partial charge in [-0.2, -0.15) is 5.26 Å². The minimum Gasteiger partial charge on any atom is -0.334 e. The summed E-state index contributed by atoms with van der Waals surface area (Å²) in [6.07, 6.45) is 1.36. The Balaban J connectivity index is 1.75. The number of hydrogen-bond acceptors (Lipinski definition) is 2. The number of carbonyl (C=O) groups is 1. The molecule has 0 spiro atoms. The number of nitriles is 1. The summed E-state index contributed by atoms with van der Waals surface area (Å²) in [5.41, 5.74) is 2.18. The Morgan fingerprint density at radius 1 is 1.00 bits per heavy atom. The molecule has 0 fully saturated rings. The van der Waals surface area contributed by atoms with Gasteiger partial charge < -0.3 is 10.6 Å². The summed E-state index contributed by atoms with van der Waals surface area (Å²) in [6.45, 7) is 0.448. The fourth-order valence-electron chi connectivity index (χ4n) is 2.11. The van der Waals surface area contributed by atoms with Gasteiger partial charge in [0.25, 0.3) is 0 Å². The summed E-state index contributed by atoms with van der Waals surface area (Å²) in [4.78, 5) is 11.8. The molecule has 0 aliphatic rings. The summed E-state index contributed by atoms with van der Waals surface area (Å²) in [7, 11) is 0. The van der Waals surface area contributed by atoms with Crippen LogP contribution in [0.4, 0.5) is 4.79 Å². The average Bonchev–Trinajstić information content (AvgIpc) is 2.58. The first-order valence-corrected chi connectivity index (χ1v) is 7.30. The van der Waals surface area contributed by atoms with Crippen molar-refractivity contribution in [2.45, 2.75) is 25.4 Å². The van der Waals surface area contributed by atoms with E-state index in [4.69, 9.17) is 5.26 Å². The molecule has 2 amide bonds. The maximum absolute atomic E-state index is 11.8. The first-order valence-electron chi connectivity index (χ1n) is 7.30. The topological polar surface area (TPSA) is 64.9 Å². The van der Waals surface area contributed by atoms with E-state index in [1.165, 1.54) is 0 Å². The first-order chi connectivity index (χ1) is 10.8. The average molecular weight is 293 g/mol. The first kappa shape index (κ1) is 15.6. The fraction of sp³-hybridized carbons (Fsp3) is 0.222. The molecule has 2 N–H and O–H groups in total. The predicted molar refractivity (Wildman–Crippen MR) is 86.0 cm³/mol. The van der Waals surface area contributed by atoms with Crippen molar-refractivity contribution in [1.29, 1.82) is 5.26 Å². The van der Waals surface area contributed by atoms with E-state index in [2.05, 4.69) is 16.7 Å². The van der Waals surface area contributed by atoms with Gasteiger partial charge >= 0.3 is 6.03 Å². The largest absolute Gasteiger partial charge is 0.334 e. The van der Waals surface area contributed by atoms with Gasteiger partial charge in [-0.25, -0.2) is 4.79 Å². The number of carbonyl (C=O) groups excluding carboxylic acids is 1. The molecule has 4 heteroatoms. The van der Waals surface area contributed by atoms with E-state index in [0.29, 0.717) is 13.0 Å². The SMILES string of the molecule is N#CC(CCc1ccccc1)NC(=O)NCc1ccccc1. The molecule has 0 heterocycles. The molecule has 0 aromatic heterocycles. The van der Waals surface area contributed by atoms with E-state index < -0.39 is 6.04 Å². The third-order valence-corrected chi connectivity index (χ3v) is 3.32.